The number of pyridine rings is 1. The van der Waals surface area contributed by atoms with Gasteiger partial charge in [-0.2, -0.15) is 4.39 Å². The van der Waals surface area contributed by atoms with Gasteiger partial charge in [-0.05, 0) is 19.1 Å². The summed E-state index contributed by atoms with van der Waals surface area (Å²) in [6, 6.07) is 2.74. The van der Waals surface area contributed by atoms with E-state index in [0.29, 0.717) is 12.4 Å². The van der Waals surface area contributed by atoms with Crippen molar-refractivity contribution in [2.75, 3.05) is 13.4 Å². The van der Waals surface area contributed by atoms with Crippen LogP contribution in [0.2, 0.25) is 0 Å². The summed E-state index contributed by atoms with van der Waals surface area (Å²) in [4.78, 5) is 3.41. The summed E-state index contributed by atoms with van der Waals surface area (Å²) in [6.45, 7) is 2.63. The van der Waals surface area contributed by atoms with E-state index in [9.17, 15) is 4.39 Å². The molecule has 0 radical (unpaired) electrons. The molecule has 0 N–H and O–H groups in total. The third-order valence-electron chi connectivity index (χ3n) is 1.21. The van der Waals surface area contributed by atoms with Gasteiger partial charge in [0, 0.05) is 6.61 Å². The Morgan fingerprint density at radius 2 is 2.33 bits per heavy atom. The molecule has 0 aliphatic heterocycles. The normalized spacial score (nSPS) is 9.83. The molecule has 0 fully saturated rings. The second-order valence-electron chi connectivity index (χ2n) is 2.07. The predicted molar refractivity (Wildman–Crippen MR) is 41.3 cm³/mol. The number of ether oxygens (including phenoxy) is 2. The molecule has 0 aliphatic rings. The molecule has 0 saturated heterocycles. The molecule has 1 heterocycles. The Morgan fingerprint density at radius 1 is 1.50 bits per heavy atom. The minimum absolute atomic E-state index is 0.170. The smallest absolute Gasteiger partial charge is 0.213 e. The van der Waals surface area contributed by atoms with Crippen LogP contribution in [0.25, 0.3) is 0 Å². The fraction of sp³-hybridized carbons (Fsp3) is 0.375. The second kappa shape index (κ2) is 4.66. The zero-order chi connectivity index (χ0) is 8.81. The van der Waals surface area contributed by atoms with Crippen molar-refractivity contribution in [2.45, 2.75) is 6.92 Å². The molecular weight excluding hydrogens is 161 g/mol. The van der Waals surface area contributed by atoms with Crippen LogP contribution in [0.15, 0.2) is 18.3 Å². The highest BCUT2D eigenvalue weighted by molar-refractivity contribution is 5.15. The molecule has 0 amide bonds. The van der Waals surface area contributed by atoms with E-state index in [-0.39, 0.29) is 6.79 Å². The number of hydrogen-bond acceptors (Lipinski definition) is 3. The van der Waals surface area contributed by atoms with Gasteiger partial charge < -0.3 is 9.47 Å². The maximum absolute atomic E-state index is 12.3. The number of hydrogen-bond donors (Lipinski definition) is 0. The summed E-state index contributed by atoms with van der Waals surface area (Å²) in [7, 11) is 0. The third-order valence-corrected chi connectivity index (χ3v) is 1.21. The molecule has 0 saturated carbocycles. The quantitative estimate of drug-likeness (QED) is 0.391. The fourth-order valence-corrected chi connectivity index (χ4v) is 0.641. The van der Waals surface area contributed by atoms with Crippen LogP contribution in [-0.2, 0) is 4.74 Å². The average Bonchev–Trinajstić information content (AvgIpc) is 2.09. The van der Waals surface area contributed by atoms with Gasteiger partial charge in [0.25, 0.3) is 0 Å². The van der Waals surface area contributed by atoms with E-state index in [0.717, 1.165) is 0 Å². The lowest BCUT2D eigenvalue weighted by atomic mass is 10.5. The highest BCUT2D eigenvalue weighted by Gasteiger charge is 1.93. The molecule has 66 valence electrons. The van der Waals surface area contributed by atoms with E-state index in [1.807, 2.05) is 6.92 Å². The molecule has 1 aromatic rings. The molecule has 0 spiro atoms. The Balaban J connectivity index is 2.37. The summed E-state index contributed by atoms with van der Waals surface area (Å²) in [5.41, 5.74) is 0. The lowest BCUT2D eigenvalue weighted by Crippen LogP contribution is -2.02. The molecule has 1 aromatic heterocycles. The van der Waals surface area contributed by atoms with Crippen LogP contribution in [0.3, 0.4) is 0 Å². The highest BCUT2D eigenvalue weighted by atomic mass is 19.1. The minimum atomic E-state index is -0.515. The molecular formula is C8H10FNO2. The Bertz CT molecular complexity index is 225. The monoisotopic (exact) mass is 171 g/mol. The second-order valence-corrected chi connectivity index (χ2v) is 2.07. The Morgan fingerprint density at radius 3 is 2.92 bits per heavy atom. The number of aromatic nitrogens is 1. The Hall–Kier alpha value is -1.16. The zero-order valence-electron chi connectivity index (χ0n) is 6.79. The van der Waals surface area contributed by atoms with Crippen LogP contribution in [0.5, 0.6) is 5.75 Å². The van der Waals surface area contributed by atoms with Crippen molar-refractivity contribution in [1.82, 2.24) is 4.98 Å². The predicted octanol–water partition coefficient (Wildman–Crippen LogP) is 1.59. The van der Waals surface area contributed by atoms with Crippen molar-refractivity contribution in [1.29, 1.82) is 0 Å². The zero-order valence-corrected chi connectivity index (χ0v) is 6.79. The first kappa shape index (κ1) is 8.93. The standard InChI is InChI=1S/C8H10FNO2/c1-2-11-6-12-7-3-4-8(9)10-5-7/h3-5H,2,6H2,1H3. The van der Waals surface area contributed by atoms with Gasteiger partial charge in [0.05, 0.1) is 6.20 Å². The third kappa shape index (κ3) is 2.84. The first-order valence-corrected chi connectivity index (χ1v) is 3.65. The first-order chi connectivity index (χ1) is 5.83. The van der Waals surface area contributed by atoms with Crippen molar-refractivity contribution in [2.24, 2.45) is 0 Å². The van der Waals surface area contributed by atoms with E-state index in [1.165, 1.54) is 18.3 Å². The van der Waals surface area contributed by atoms with Gasteiger partial charge in [-0.15, -0.1) is 0 Å². The molecule has 0 aromatic carbocycles. The summed E-state index contributed by atoms with van der Waals surface area (Å²) in [5, 5.41) is 0. The van der Waals surface area contributed by atoms with Gasteiger partial charge in [-0.25, -0.2) is 4.98 Å². The largest absolute Gasteiger partial charge is 0.466 e. The van der Waals surface area contributed by atoms with Crippen LogP contribution < -0.4 is 4.74 Å². The maximum Gasteiger partial charge on any atom is 0.213 e. The van der Waals surface area contributed by atoms with Gasteiger partial charge in [-0.3, -0.25) is 0 Å². The lowest BCUT2D eigenvalue weighted by Gasteiger charge is -2.03. The summed E-state index contributed by atoms with van der Waals surface area (Å²) in [6.07, 6.45) is 1.31. The topological polar surface area (TPSA) is 31.4 Å². The Kier molecular flexibility index (Phi) is 3.47. The van der Waals surface area contributed by atoms with E-state index >= 15 is 0 Å². The average molecular weight is 171 g/mol. The maximum atomic E-state index is 12.3. The molecule has 12 heavy (non-hydrogen) atoms. The van der Waals surface area contributed by atoms with E-state index in [1.54, 1.807) is 0 Å². The summed E-state index contributed by atoms with van der Waals surface area (Å²) >= 11 is 0. The van der Waals surface area contributed by atoms with Crippen LogP contribution in [0, 0.1) is 5.95 Å². The number of rotatable bonds is 4. The lowest BCUT2D eigenvalue weighted by molar-refractivity contribution is 0.0221. The molecule has 0 unspecified atom stereocenters. The Labute approximate surface area is 70.1 Å². The van der Waals surface area contributed by atoms with Crippen molar-refractivity contribution >= 4 is 0 Å². The molecule has 0 bridgehead atoms. The van der Waals surface area contributed by atoms with Crippen LogP contribution >= 0.6 is 0 Å². The highest BCUT2D eigenvalue weighted by Crippen LogP contribution is 2.07. The SMILES string of the molecule is CCOCOc1ccc(F)nc1. The molecule has 4 heteroatoms. The van der Waals surface area contributed by atoms with Gasteiger partial charge in [0.2, 0.25) is 5.95 Å². The van der Waals surface area contributed by atoms with Crippen LogP contribution in [0.4, 0.5) is 4.39 Å². The van der Waals surface area contributed by atoms with Crippen molar-refractivity contribution < 1.29 is 13.9 Å². The van der Waals surface area contributed by atoms with E-state index in [2.05, 4.69) is 4.98 Å². The van der Waals surface area contributed by atoms with Gasteiger partial charge in [-0.1, -0.05) is 0 Å². The van der Waals surface area contributed by atoms with Crippen LogP contribution in [-0.4, -0.2) is 18.4 Å². The van der Waals surface area contributed by atoms with Crippen molar-refractivity contribution in [3.8, 4) is 5.75 Å². The summed E-state index contributed by atoms with van der Waals surface area (Å²) < 4.78 is 22.3. The van der Waals surface area contributed by atoms with Gasteiger partial charge in [0.1, 0.15) is 5.75 Å². The molecule has 3 nitrogen and oxygen atoms in total. The number of nitrogens with zero attached hydrogens (tertiary/aromatic N) is 1. The van der Waals surface area contributed by atoms with Gasteiger partial charge >= 0.3 is 0 Å². The minimum Gasteiger partial charge on any atom is -0.466 e. The summed E-state index contributed by atoms with van der Waals surface area (Å²) in [5.74, 6) is -0.0105. The van der Waals surface area contributed by atoms with Crippen molar-refractivity contribution in [3.63, 3.8) is 0 Å². The van der Waals surface area contributed by atoms with Crippen LogP contribution in [0.1, 0.15) is 6.92 Å². The van der Waals surface area contributed by atoms with Crippen molar-refractivity contribution in [3.05, 3.63) is 24.3 Å². The van der Waals surface area contributed by atoms with Gasteiger partial charge in [0.15, 0.2) is 6.79 Å². The van der Waals surface area contributed by atoms with E-state index in [4.69, 9.17) is 9.47 Å². The van der Waals surface area contributed by atoms with E-state index < -0.39 is 5.95 Å². The first-order valence-electron chi connectivity index (χ1n) is 3.65. The molecule has 1 rings (SSSR count). The fourth-order valence-electron chi connectivity index (χ4n) is 0.641. The molecule has 0 atom stereocenters. The molecule has 0 aliphatic carbocycles. The number of halogens is 1.